The molecule has 1 aliphatic carbocycles. The molecule has 0 heterocycles. The maximum atomic E-state index is 9.39. The van der Waals surface area contributed by atoms with Gasteiger partial charge in [0, 0.05) is 43.3 Å². The first kappa shape index (κ1) is 13.1. The van der Waals surface area contributed by atoms with Crippen LogP contribution in [0.3, 0.4) is 0 Å². The van der Waals surface area contributed by atoms with Crippen LogP contribution in [0.1, 0.15) is 6.42 Å². The van der Waals surface area contributed by atoms with Crippen LogP contribution in [0.15, 0.2) is 36.5 Å². The van der Waals surface area contributed by atoms with Gasteiger partial charge >= 0.3 is 0 Å². The molecule has 0 radical (unpaired) electrons. The number of allylic oxidation sites excluding steroid dienone is 2. The SMILES string of the molecule is C=C/C=C1\[CH-][C@@H](O)C[C@H](O)C1=C.[U]. The molecule has 2 nitrogen and oxygen atoms in total. The van der Waals surface area contributed by atoms with E-state index in [1.807, 2.05) is 0 Å². The van der Waals surface area contributed by atoms with E-state index in [4.69, 9.17) is 0 Å². The zero-order valence-electron chi connectivity index (χ0n) is 7.40. The van der Waals surface area contributed by atoms with E-state index in [-0.39, 0.29) is 31.1 Å². The molecule has 3 heteroatoms. The minimum Gasteiger partial charge on any atom is -0.401 e. The summed E-state index contributed by atoms with van der Waals surface area (Å²) in [6.45, 7) is 7.26. The first-order chi connectivity index (χ1) is 5.65. The van der Waals surface area contributed by atoms with E-state index in [1.54, 1.807) is 18.6 Å². The van der Waals surface area contributed by atoms with Gasteiger partial charge in [-0.2, -0.15) is 18.1 Å². The molecule has 1 fully saturated rings. The molecule has 0 unspecified atom stereocenters. The molecule has 1 rings (SSSR count). The van der Waals surface area contributed by atoms with Crippen molar-refractivity contribution >= 4 is 0 Å². The molecule has 0 saturated heterocycles. The van der Waals surface area contributed by atoms with Crippen molar-refractivity contribution in [2.45, 2.75) is 18.6 Å². The number of aliphatic hydroxyl groups is 2. The zero-order valence-corrected chi connectivity index (χ0v) is 11.6. The second kappa shape index (κ2) is 5.72. The van der Waals surface area contributed by atoms with E-state index in [9.17, 15) is 10.2 Å². The molecule has 0 aromatic heterocycles. The quantitative estimate of drug-likeness (QED) is 0.642. The van der Waals surface area contributed by atoms with Gasteiger partial charge < -0.3 is 10.2 Å². The first-order valence-electron chi connectivity index (χ1n) is 3.88. The maximum Gasteiger partial charge on any atom is 0.0369 e. The minimum absolute atomic E-state index is 0. The molecule has 0 aromatic carbocycles. The fraction of sp³-hybridized carbons (Fsp3) is 0.300. The van der Waals surface area contributed by atoms with Crippen molar-refractivity contribution < 1.29 is 41.3 Å². The summed E-state index contributed by atoms with van der Waals surface area (Å²) in [5.41, 5.74) is 1.43. The Morgan fingerprint density at radius 3 is 2.62 bits per heavy atom. The van der Waals surface area contributed by atoms with Crippen molar-refractivity contribution in [3.63, 3.8) is 0 Å². The smallest absolute Gasteiger partial charge is 0.0369 e. The van der Waals surface area contributed by atoms with Crippen molar-refractivity contribution in [2.75, 3.05) is 0 Å². The molecule has 70 valence electrons. The summed E-state index contributed by atoms with van der Waals surface area (Å²) in [4.78, 5) is 0. The average Bonchev–Trinajstić information content (AvgIpc) is 2.00. The molecule has 2 atom stereocenters. The van der Waals surface area contributed by atoms with Crippen molar-refractivity contribution in [1.29, 1.82) is 0 Å². The molecule has 0 aliphatic heterocycles. The minimum atomic E-state index is -0.629. The van der Waals surface area contributed by atoms with Crippen LogP contribution < -0.4 is 0 Å². The Kier molecular flexibility index (Phi) is 5.75. The Morgan fingerprint density at radius 2 is 2.08 bits per heavy atom. The van der Waals surface area contributed by atoms with Crippen LogP contribution in [0, 0.1) is 37.5 Å². The molecule has 13 heavy (non-hydrogen) atoms. The van der Waals surface area contributed by atoms with Gasteiger partial charge in [0.1, 0.15) is 0 Å². The van der Waals surface area contributed by atoms with Crippen LogP contribution in [-0.4, -0.2) is 22.4 Å². The van der Waals surface area contributed by atoms with Gasteiger partial charge in [0.15, 0.2) is 0 Å². The zero-order chi connectivity index (χ0) is 9.14. The van der Waals surface area contributed by atoms with Crippen LogP contribution in [0.5, 0.6) is 0 Å². The molecule has 0 bridgehead atoms. The topological polar surface area (TPSA) is 40.5 Å². The summed E-state index contributed by atoms with van der Waals surface area (Å²) < 4.78 is 0. The molecule has 0 amide bonds. The van der Waals surface area contributed by atoms with E-state index in [1.165, 1.54) is 0 Å². The van der Waals surface area contributed by atoms with Crippen LogP contribution in [0.25, 0.3) is 0 Å². The summed E-state index contributed by atoms with van der Waals surface area (Å²) in [5.74, 6) is 0. The van der Waals surface area contributed by atoms with Gasteiger partial charge in [-0.15, -0.1) is 24.8 Å². The number of hydrogen-bond acceptors (Lipinski definition) is 2. The molecular formula is C10H13O2U-. The molecule has 0 spiro atoms. The second-order valence-electron chi connectivity index (χ2n) is 2.87. The van der Waals surface area contributed by atoms with Crippen molar-refractivity contribution in [2.24, 2.45) is 0 Å². The Bertz CT molecular complexity index is 233. The van der Waals surface area contributed by atoms with Gasteiger partial charge in [0.25, 0.3) is 0 Å². The van der Waals surface area contributed by atoms with Gasteiger partial charge in [-0.25, -0.2) is 0 Å². The summed E-state index contributed by atoms with van der Waals surface area (Å²) in [6, 6.07) is 0. The number of aliphatic hydroxyl groups excluding tert-OH is 2. The van der Waals surface area contributed by atoms with Crippen LogP contribution in [-0.2, 0) is 0 Å². The predicted octanol–water partition coefficient (Wildman–Crippen LogP) is 0.985. The third kappa shape index (κ3) is 3.36. The van der Waals surface area contributed by atoms with Gasteiger partial charge in [0.2, 0.25) is 0 Å². The molecule has 2 N–H and O–H groups in total. The van der Waals surface area contributed by atoms with E-state index < -0.39 is 12.2 Å². The molecular weight excluding hydrogens is 390 g/mol. The van der Waals surface area contributed by atoms with Crippen molar-refractivity contribution in [1.82, 2.24) is 0 Å². The Labute approximate surface area is 102 Å². The van der Waals surface area contributed by atoms with Crippen LogP contribution in [0.4, 0.5) is 0 Å². The van der Waals surface area contributed by atoms with Crippen molar-refractivity contribution in [3.05, 3.63) is 42.9 Å². The van der Waals surface area contributed by atoms with Gasteiger partial charge in [-0.3, -0.25) is 0 Å². The van der Waals surface area contributed by atoms with Gasteiger partial charge in [-0.05, 0) is 6.42 Å². The number of rotatable bonds is 1. The third-order valence-corrected chi connectivity index (χ3v) is 1.91. The average molecular weight is 403 g/mol. The number of hydrogen-bond donors (Lipinski definition) is 2. The summed E-state index contributed by atoms with van der Waals surface area (Å²) in [5, 5.41) is 18.7. The fourth-order valence-electron chi connectivity index (χ4n) is 1.24. The van der Waals surface area contributed by atoms with E-state index >= 15 is 0 Å². The Balaban J connectivity index is 0.00000144. The monoisotopic (exact) mass is 403 g/mol. The normalized spacial score (nSPS) is 30.6. The molecule has 0 aromatic rings. The first-order valence-corrected chi connectivity index (χ1v) is 3.88. The fourth-order valence-corrected chi connectivity index (χ4v) is 1.24. The largest absolute Gasteiger partial charge is 0.401 e. The summed E-state index contributed by atoms with van der Waals surface area (Å²) in [7, 11) is 0. The standard InChI is InChI=1S/C10H13O2.U/c1-3-4-8-5-9(11)6-10(12)7(8)2;/h3-5,9-12H,1-2,6H2;/q-1;/b8-4+;/t9-,10+;/m1./s1. The second-order valence-corrected chi connectivity index (χ2v) is 2.87. The van der Waals surface area contributed by atoms with E-state index in [0.717, 1.165) is 5.57 Å². The van der Waals surface area contributed by atoms with E-state index in [2.05, 4.69) is 13.2 Å². The summed E-state index contributed by atoms with van der Waals surface area (Å²) in [6.07, 6.45) is 4.16. The van der Waals surface area contributed by atoms with Crippen molar-refractivity contribution in [3.8, 4) is 0 Å². The molecule has 1 aliphatic rings. The summed E-state index contributed by atoms with van der Waals surface area (Å²) >= 11 is 0. The van der Waals surface area contributed by atoms with E-state index in [0.29, 0.717) is 12.0 Å². The van der Waals surface area contributed by atoms with Crippen LogP contribution in [0.2, 0.25) is 0 Å². The Morgan fingerprint density at radius 1 is 1.46 bits per heavy atom. The molecule has 1 saturated carbocycles. The van der Waals surface area contributed by atoms with Crippen LogP contribution >= 0.6 is 0 Å². The predicted molar refractivity (Wildman–Crippen MR) is 48.4 cm³/mol. The Hall–Kier alpha value is 0.0619. The third-order valence-electron chi connectivity index (χ3n) is 1.91. The maximum absolute atomic E-state index is 9.39. The van der Waals surface area contributed by atoms with Gasteiger partial charge in [0.05, 0.1) is 0 Å². The van der Waals surface area contributed by atoms with Gasteiger partial charge in [-0.1, -0.05) is 0 Å².